The molecule has 0 amide bonds. The second-order valence-electron chi connectivity index (χ2n) is 24.5. The van der Waals surface area contributed by atoms with Gasteiger partial charge < -0.3 is 43.1 Å². The first-order chi connectivity index (χ1) is 44.6. The molecule has 9 nitrogen and oxygen atoms in total. The van der Waals surface area contributed by atoms with E-state index in [0.717, 1.165) is 203 Å². The maximum absolute atomic E-state index is 7.17. The van der Waals surface area contributed by atoms with Gasteiger partial charge in [0.2, 0.25) is 0 Å². The molecule has 0 N–H and O–H groups in total. The van der Waals surface area contributed by atoms with Crippen molar-refractivity contribution in [2.24, 2.45) is 0 Å². The molecule has 22 rings (SSSR count). The summed E-state index contributed by atoms with van der Waals surface area (Å²) < 4.78 is 43.0. The second-order valence-corrected chi connectivity index (χ2v) is 24.5. The highest BCUT2D eigenvalue weighted by Gasteiger charge is 2.51. The number of benzene rings is 13. The molecule has 9 heterocycles. The lowest BCUT2D eigenvalue weighted by Crippen LogP contribution is -2.61. The van der Waals surface area contributed by atoms with Crippen LogP contribution in [0.15, 0.2) is 255 Å². The van der Waals surface area contributed by atoms with Crippen LogP contribution in [0.25, 0.3) is 33.4 Å². The van der Waals surface area contributed by atoms with E-state index in [1.165, 1.54) is 0 Å². The highest BCUT2D eigenvalue weighted by molar-refractivity contribution is 7.02. The summed E-state index contributed by atoms with van der Waals surface area (Å²) in [5.41, 5.74) is 25.4. The molecule has 0 saturated carbocycles. The molecule has 9 aliphatic rings. The Bertz CT molecular complexity index is 4670. The third-order valence-electron chi connectivity index (χ3n) is 19.9. The van der Waals surface area contributed by atoms with Gasteiger partial charge in [0.1, 0.15) is 69.0 Å². The molecule has 9 aliphatic heterocycles. The molecule has 12 heteroatoms. The van der Waals surface area contributed by atoms with Crippen LogP contribution in [0.1, 0.15) is 0 Å². The summed E-state index contributed by atoms with van der Waals surface area (Å²) in [5.74, 6) is 9.58. The number of para-hydroxylation sites is 3. The molecule has 0 spiro atoms. The van der Waals surface area contributed by atoms with Gasteiger partial charge >= 0.3 is 0 Å². The smallest absolute Gasteiger partial charge is 0.266 e. The minimum absolute atomic E-state index is 0.105. The van der Waals surface area contributed by atoms with Crippen LogP contribution in [0, 0.1) is 0 Å². The minimum atomic E-state index is -0.105. The molecule has 0 radical (unpaired) electrons. The summed E-state index contributed by atoms with van der Waals surface area (Å²) in [6, 6.07) is 90.3. The third kappa shape index (κ3) is 6.18. The first kappa shape index (κ1) is 47.4. The molecule has 0 atom stereocenters. The fourth-order valence-electron chi connectivity index (χ4n) is 16.4. The van der Waals surface area contributed by atoms with E-state index in [9.17, 15) is 0 Å². The van der Waals surface area contributed by atoms with Gasteiger partial charge in [-0.05, 0) is 230 Å². The monoisotopic (exact) mass is 1150 g/mol. The summed E-state index contributed by atoms with van der Waals surface area (Å²) >= 11 is 0. The van der Waals surface area contributed by atoms with Crippen LogP contribution in [-0.2, 0) is 0 Å². The van der Waals surface area contributed by atoms with E-state index in [2.05, 4.69) is 269 Å². The summed E-state index contributed by atoms with van der Waals surface area (Å²) in [6.07, 6.45) is 0. The Hall–Kier alpha value is -11.7. The zero-order valence-electron chi connectivity index (χ0n) is 47.8. The Balaban J connectivity index is 0.735. The molecule has 414 valence electrons. The highest BCUT2D eigenvalue weighted by Crippen LogP contribution is 2.52. The van der Waals surface area contributed by atoms with Gasteiger partial charge in [-0.2, -0.15) is 0 Å². The van der Waals surface area contributed by atoms with E-state index in [4.69, 9.17) is 28.4 Å². The molecule has 0 fully saturated rings. The van der Waals surface area contributed by atoms with Crippen molar-refractivity contribution in [3.8, 4) is 102 Å². The van der Waals surface area contributed by atoms with Gasteiger partial charge in [-0.3, -0.25) is 0 Å². The number of hydrogen-bond donors (Lipinski definition) is 0. The normalized spacial score (nSPS) is 14.4. The maximum atomic E-state index is 7.17. The van der Waals surface area contributed by atoms with E-state index in [1.807, 2.05) is 0 Å². The van der Waals surface area contributed by atoms with Gasteiger partial charge in [0.15, 0.2) is 0 Å². The van der Waals surface area contributed by atoms with Crippen molar-refractivity contribution in [2.45, 2.75) is 0 Å². The van der Waals surface area contributed by atoms with Crippen molar-refractivity contribution < 1.29 is 28.4 Å². The van der Waals surface area contributed by atoms with Crippen LogP contribution in [0.2, 0.25) is 0 Å². The van der Waals surface area contributed by atoms with Gasteiger partial charge in [0.25, 0.3) is 20.1 Å². The molecule has 0 unspecified atom stereocenters. The molecule has 13 aromatic rings. The van der Waals surface area contributed by atoms with Gasteiger partial charge in [0, 0.05) is 67.6 Å². The lowest BCUT2D eigenvalue weighted by Gasteiger charge is -2.42. The number of hydrogen-bond acceptors (Lipinski definition) is 9. The van der Waals surface area contributed by atoms with Crippen molar-refractivity contribution in [1.29, 1.82) is 0 Å². The summed E-state index contributed by atoms with van der Waals surface area (Å²) in [7, 11) is 0. The van der Waals surface area contributed by atoms with Crippen LogP contribution >= 0.6 is 0 Å². The summed E-state index contributed by atoms with van der Waals surface area (Å²) in [5, 5.41) is 0. The van der Waals surface area contributed by atoms with Crippen molar-refractivity contribution in [3.63, 3.8) is 0 Å². The minimum Gasteiger partial charge on any atom is -0.458 e. The Morgan fingerprint density at radius 2 is 0.378 bits per heavy atom. The fraction of sp³-hybridized carbons (Fsp3) is 0. The van der Waals surface area contributed by atoms with Gasteiger partial charge in [-0.15, -0.1) is 0 Å². The summed E-state index contributed by atoms with van der Waals surface area (Å²) in [4.78, 5) is 7.03. The molecule has 90 heavy (non-hydrogen) atoms. The topological polar surface area (TPSA) is 65.1 Å². The highest BCUT2D eigenvalue weighted by atomic mass is 16.5. The molecule has 0 bridgehead atoms. The maximum Gasteiger partial charge on any atom is 0.266 e. The van der Waals surface area contributed by atoms with E-state index < -0.39 is 0 Å². The number of nitrogens with zero attached hydrogens (tertiary/aromatic N) is 3. The van der Waals surface area contributed by atoms with Crippen LogP contribution in [0.3, 0.4) is 0 Å². The lowest BCUT2D eigenvalue weighted by molar-refractivity contribution is 0.464. The van der Waals surface area contributed by atoms with Gasteiger partial charge in [0.05, 0.1) is 0 Å². The van der Waals surface area contributed by atoms with Crippen LogP contribution in [-0.4, -0.2) is 20.1 Å². The van der Waals surface area contributed by atoms with Crippen LogP contribution < -0.4 is 92.3 Å². The second kappa shape index (κ2) is 17.1. The Kier molecular flexibility index (Phi) is 8.99. The van der Waals surface area contributed by atoms with E-state index >= 15 is 0 Å². The molecule has 0 aliphatic carbocycles. The Morgan fingerprint density at radius 1 is 0.178 bits per heavy atom. The Morgan fingerprint density at radius 3 is 0.589 bits per heavy atom. The number of anilines is 9. The van der Waals surface area contributed by atoms with Crippen molar-refractivity contribution in [1.82, 2.24) is 0 Å². The first-order valence-electron chi connectivity index (χ1n) is 30.7. The first-order valence-corrected chi connectivity index (χ1v) is 30.7. The largest absolute Gasteiger partial charge is 0.458 e. The Labute approximate surface area is 517 Å². The van der Waals surface area contributed by atoms with Gasteiger partial charge in [-0.1, -0.05) is 91.0 Å². The fourth-order valence-corrected chi connectivity index (χ4v) is 16.4. The standard InChI is InChI=1S/C78H42B3N3O6/c1-4-16-49(17-5-1)82-52-22-10-28-58-70(52)79-71-53(82)23-11-29-59(71)86-65-38-46(37-64(85-58)76(65)79)43-34-44(47-39-66-77-67(40-47)88-61-31-13-25-55-73(61)80(77)72-54(24-12-30-60(72)87-66)83(55)50-18-6-2-7-19-50)36-45(35-43)48-41-68-78-69(42-48)90-63-33-15-27-57-75(63)81(78)74-56(26-14-32-62(74)89-68)84(57)51-20-8-3-9-21-51/h1-42H. The van der Waals surface area contributed by atoms with E-state index in [1.54, 1.807) is 0 Å². The lowest BCUT2D eigenvalue weighted by atomic mass is 9.33. The zero-order valence-corrected chi connectivity index (χ0v) is 47.8. The SMILES string of the molecule is c1ccc(N2c3cccc4c3B3c5c(cc(-c6cc(-c7cc8c9c(c7)Oc7cccc%10c7B9c7c(cccc7N%10c7ccccc7)O8)cc(-c7cc8c9c(c7)Oc7cccc%10c7B9c7c(cccc7N%10c7ccccc7)O8)c6)cc5Oc5cccc2c53)O4)cc1. The van der Waals surface area contributed by atoms with Crippen LogP contribution in [0.4, 0.5) is 51.2 Å². The summed E-state index contributed by atoms with van der Waals surface area (Å²) in [6.45, 7) is -0.315. The average Bonchev–Trinajstić information content (AvgIpc) is 0.728. The van der Waals surface area contributed by atoms with E-state index in [-0.39, 0.29) is 20.1 Å². The molecule has 0 saturated heterocycles. The van der Waals surface area contributed by atoms with Crippen LogP contribution in [0.5, 0.6) is 69.0 Å². The third-order valence-corrected chi connectivity index (χ3v) is 19.9. The van der Waals surface area contributed by atoms with Crippen molar-refractivity contribution >= 4 is 120 Å². The van der Waals surface area contributed by atoms with E-state index in [0.29, 0.717) is 0 Å². The molecular formula is C78H42B3N3O6. The van der Waals surface area contributed by atoms with Crippen molar-refractivity contribution in [3.05, 3.63) is 255 Å². The van der Waals surface area contributed by atoms with Crippen molar-refractivity contribution in [2.75, 3.05) is 14.7 Å². The average molecular weight is 1150 g/mol. The molecular weight excluding hydrogens is 1110 g/mol. The zero-order chi connectivity index (χ0) is 58.2. The van der Waals surface area contributed by atoms with Gasteiger partial charge in [-0.25, -0.2) is 0 Å². The number of ether oxygens (including phenoxy) is 6. The number of rotatable bonds is 6. The molecule has 13 aromatic carbocycles. The predicted octanol–water partition coefficient (Wildman–Crippen LogP) is 14.2. The quantitative estimate of drug-likeness (QED) is 0.152. The predicted molar refractivity (Wildman–Crippen MR) is 361 cm³/mol. The molecule has 0 aromatic heterocycles.